The van der Waals surface area contributed by atoms with Crippen LogP contribution in [-0.2, 0) is 143 Å². The first-order valence-electron chi connectivity index (χ1n) is 47.7. The minimum Gasteiger partial charge on any atom is -0.469 e. The minimum absolute atomic E-state index is 0. The maximum Gasteiger partial charge on any atom is 0.310 e. The number of likely N-dealkylation sites (N-methyl/N-ethyl adjacent to an activating group) is 1. The third-order valence-electron chi connectivity index (χ3n) is 18.7. The number of esters is 13. The molecule has 834 valence electrons. The van der Waals surface area contributed by atoms with E-state index in [1.165, 1.54) is 52.6 Å². The van der Waals surface area contributed by atoms with Gasteiger partial charge in [0, 0.05) is 39.8 Å². The van der Waals surface area contributed by atoms with Gasteiger partial charge in [0.1, 0.15) is 44.2 Å². The number of hydrogen-bond donors (Lipinski definition) is 0. The summed E-state index contributed by atoms with van der Waals surface area (Å²) in [5, 5.41) is 0. The van der Waals surface area contributed by atoms with E-state index in [0.29, 0.717) is 64.7 Å². The molecule has 0 amide bonds. The molecule has 0 N–H and O–H groups in total. The molecule has 9 aliphatic rings. The quantitative estimate of drug-likeness (QED) is 0.0476. The molecule has 4 aliphatic carbocycles. The highest BCUT2D eigenvalue weighted by Crippen LogP contribution is 2.30. The third-order valence-corrected chi connectivity index (χ3v) is 18.7. The number of halogens is 1. The van der Waals surface area contributed by atoms with Gasteiger partial charge in [0.2, 0.25) is 6.36 Å². The highest BCUT2D eigenvalue weighted by Gasteiger charge is 2.31. The van der Waals surface area contributed by atoms with Gasteiger partial charge in [0.25, 0.3) is 0 Å². The van der Waals surface area contributed by atoms with Crippen molar-refractivity contribution in [2.75, 3.05) is 99.9 Å². The molecule has 0 spiro atoms. The number of nitrogens with zero attached hydrogens (tertiary/aromatic N) is 1. The Balaban J connectivity index is -0.000000112. The summed E-state index contributed by atoms with van der Waals surface area (Å²) in [7, 11) is 3.40. The van der Waals surface area contributed by atoms with Crippen LogP contribution in [0.5, 0.6) is 0 Å². The number of hydrogen-bond acceptors (Lipinski definition) is 31. The standard InChI is InChI=1S/3C9H16O3.C9H16O2.C8H15NO2.2C8H14O2.C7H12O3.C7H12O2.C7H14O2.C6H11FO2.C6H12O2.C5H10O2.9CH4/c3*1-7(2)9(10)12-6-8-4-3-5-11-8;1-7(2)9(10)11-6-8-4-3-5-8;1-6(2)8(10)11-7-4-9(3)5-7;1-6(2)8(9)10-5-7-3-4-7;1-6(2)8(9)10-7-4-3-5-7;1-5(2)7(8)10-6-3-9-4-6;1-5(2)7(8)9-6-3-4-6;1-5(2)7(8)9-6(3)4;1-4(2)6(8)9-5(3)7;1-4-8-6(7)5(2)3;1-4(2)5(6)7-3;;;;;;;;;/h3*7-8H,3-6H2,1-2H3;7-8H,3-6H2,1-2H3;6-7H,4-5H2,1-3H3;2*6-7H,3-5H2,1-2H3;5-6H,3-4H2,1-2H3;5-6H,3-4H2,1-2H3;5-6H,1-4H3;4-5H,1-3H3;5H,4H2,1-3H3;4H,1-3H3;9*1H4/t2*8-;;;;;;;;;;;;;;;;;;;;/m10..................../s1. The van der Waals surface area contributed by atoms with Gasteiger partial charge in [0.05, 0.1) is 141 Å². The Morgan fingerprint density at radius 1 is 0.281 bits per heavy atom. The zero-order valence-corrected chi connectivity index (χ0v) is 85.9. The van der Waals surface area contributed by atoms with Crippen LogP contribution >= 0.6 is 0 Å². The third kappa shape index (κ3) is 94.2. The summed E-state index contributed by atoms with van der Waals surface area (Å²) in [5.74, 6) is -0.645. The van der Waals surface area contributed by atoms with Crippen molar-refractivity contribution in [3.05, 3.63) is 0 Å². The van der Waals surface area contributed by atoms with Crippen LogP contribution in [0.1, 0.15) is 377 Å². The van der Waals surface area contributed by atoms with Gasteiger partial charge in [-0.15, -0.1) is 0 Å². The van der Waals surface area contributed by atoms with Crippen LogP contribution in [0.3, 0.4) is 0 Å². The predicted molar refractivity (Wildman–Crippen MR) is 553 cm³/mol. The number of ether oxygens (including phenoxy) is 17. The van der Waals surface area contributed by atoms with Crippen LogP contribution in [0.2, 0.25) is 0 Å². The van der Waals surface area contributed by atoms with Crippen molar-refractivity contribution in [1.82, 2.24) is 4.90 Å². The van der Waals surface area contributed by atoms with Gasteiger partial charge < -0.3 is 80.5 Å². The Morgan fingerprint density at radius 2 is 0.525 bits per heavy atom. The summed E-state index contributed by atoms with van der Waals surface area (Å²) < 4.78 is 96.1. The maximum absolute atomic E-state index is 11.9. The lowest BCUT2D eigenvalue weighted by molar-refractivity contribution is -0.175. The molecule has 9 fully saturated rings. The zero-order valence-electron chi connectivity index (χ0n) is 85.9. The molecule has 9 rings (SSSR count). The van der Waals surface area contributed by atoms with Crippen LogP contribution in [-0.4, -0.2) is 238 Å². The molecular formula is C107H214FNO30. The van der Waals surface area contributed by atoms with Gasteiger partial charge in [-0.1, -0.05) is 253 Å². The fourth-order valence-corrected chi connectivity index (χ4v) is 9.11. The molecule has 139 heavy (non-hydrogen) atoms. The van der Waals surface area contributed by atoms with Crippen LogP contribution in [0, 0.1) is 88.8 Å². The molecule has 0 aromatic carbocycles. The molecule has 5 saturated heterocycles. The van der Waals surface area contributed by atoms with Crippen molar-refractivity contribution in [3.63, 3.8) is 0 Å². The van der Waals surface area contributed by atoms with E-state index in [-0.39, 0.29) is 264 Å². The summed E-state index contributed by atoms with van der Waals surface area (Å²) in [6, 6.07) is 0. The van der Waals surface area contributed by atoms with Crippen molar-refractivity contribution in [3.8, 4) is 0 Å². The molecule has 2 unspecified atom stereocenters. The molecular weight excluding hydrogens is 1800 g/mol. The Hall–Kier alpha value is -7.16. The lowest BCUT2D eigenvalue weighted by Gasteiger charge is -2.35. The van der Waals surface area contributed by atoms with Crippen LogP contribution in [0.15, 0.2) is 0 Å². The highest BCUT2D eigenvalue weighted by molar-refractivity contribution is 5.76. The molecule has 5 heterocycles. The van der Waals surface area contributed by atoms with Gasteiger partial charge in [-0.2, -0.15) is 0 Å². The summed E-state index contributed by atoms with van der Waals surface area (Å²) >= 11 is 0. The van der Waals surface area contributed by atoms with Crippen molar-refractivity contribution in [2.45, 2.75) is 432 Å². The minimum atomic E-state index is -1.49. The monoisotopic (exact) mass is 2010 g/mol. The molecule has 4 atom stereocenters. The second kappa shape index (κ2) is 94.4. The van der Waals surface area contributed by atoms with Crippen LogP contribution < -0.4 is 0 Å². The molecule has 0 bridgehead atoms. The summed E-state index contributed by atoms with van der Waals surface area (Å²) in [4.78, 5) is 143. The van der Waals surface area contributed by atoms with Crippen LogP contribution in [0.25, 0.3) is 0 Å². The number of alkyl halides is 1. The van der Waals surface area contributed by atoms with Crippen molar-refractivity contribution in [2.24, 2.45) is 88.8 Å². The Bertz CT molecular complexity index is 2860. The SMILES string of the molecule is C.C.C.C.C.C.C.C.C.CC(C)C(=O)OC1CC1.CC(C)C(=O)OC1CCC1.CC(C)C(=O)OC1CN(C)C1.CC(C)C(=O)OC1COC1.CC(C)C(=O)OCC1CC1.CC(C)C(=O)OCC1CCC1.CC(C)C(=O)OCC1CCCO1.CC(C)C(=O)OC[C@@H]1CCCO1.CC(C)C(=O)OC[C@H]1CCCO1.CC(C)OC(=O)C(C)C.CC(F)OC(=O)C(C)C.CCOC(=O)C(C)C.COC(=O)C(C)C. The lowest BCUT2D eigenvalue weighted by atomic mass is 9.86. The summed E-state index contributed by atoms with van der Waals surface area (Å²) in [6.45, 7) is 62.5. The average Bonchev–Trinajstić information content (AvgIpc) is 1.79. The van der Waals surface area contributed by atoms with E-state index >= 15 is 0 Å². The fourth-order valence-electron chi connectivity index (χ4n) is 9.11. The fraction of sp³-hybridized carbons (Fsp3) is 0.879. The second-order valence-electron chi connectivity index (χ2n) is 37.5. The molecule has 0 aromatic rings. The lowest BCUT2D eigenvalue weighted by Crippen LogP contribution is -2.50. The number of carbonyl (C=O) groups is 13. The first-order valence-corrected chi connectivity index (χ1v) is 47.7. The highest BCUT2D eigenvalue weighted by atomic mass is 19.1. The van der Waals surface area contributed by atoms with Crippen LogP contribution in [0.4, 0.5) is 4.39 Å². The van der Waals surface area contributed by atoms with Gasteiger partial charge in [0.15, 0.2) is 0 Å². The first kappa shape index (κ1) is 160. The van der Waals surface area contributed by atoms with Crippen molar-refractivity contribution in [1.29, 1.82) is 0 Å². The van der Waals surface area contributed by atoms with Gasteiger partial charge in [-0.05, 0) is 136 Å². The topological polar surface area (TPSA) is 382 Å². The molecule has 4 saturated carbocycles. The predicted octanol–water partition coefficient (Wildman–Crippen LogP) is 22.7. The van der Waals surface area contributed by atoms with E-state index in [2.05, 4.69) is 19.1 Å². The van der Waals surface area contributed by atoms with Gasteiger partial charge in [-0.3, -0.25) is 67.2 Å². The van der Waals surface area contributed by atoms with Gasteiger partial charge in [-0.25, -0.2) is 4.39 Å². The molecule has 32 heteroatoms. The Labute approximate surface area is 846 Å². The van der Waals surface area contributed by atoms with E-state index in [1.807, 2.05) is 173 Å². The number of rotatable bonds is 30. The second-order valence-corrected chi connectivity index (χ2v) is 37.5. The average molecular weight is 2010 g/mol. The van der Waals surface area contributed by atoms with E-state index in [4.69, 9.17) is 66.3 Å². The number of methoxy groups -OCH3 is 1. The van der Waals surface area contributed by atoms with E-state index in [9.17, 15) is 66.7 Å². The van der Waals surface area contributed by atoms with E-state index in [0.717, 1.165) is 97.1 Å². The molecule has 31 nitrogen and oxygen atoms in total. The normalized spacial score (nSPS) is 16.7. The largest absolute Gasteiger partial charge is 0.469 e. The summed E-state index contributed by atoms with van der Waals surface area (Å²) in [6.07, 6.45) is 17.7. The first-order chi connectivity index (χ1) is 60.6. The van der Waals surface area contributed by atoms with Gasteiger partial charge >= 0.3 is 77.6 Å². The Kier molecular flexibility index (Phi) is 109. The van der Waals surface area contributed by atoms with E-state index < -0.39 is 12.3 Å². The zero-order chi connectivity index (χ0) is 100. The van der Waals surface area contributed by atoms with Crippen molar-refractivity contribution >= 4 is 77.6 Å². The Morgan fingerprint density at radius 3 is 0.683 bits per heavy atom. The number of carbonyl (C=O) groups excluding carboxylic acids is 13. The molecule has 0 aromatic heterocycles. The number of likely N-dealkylation sites (tertiary alicyclic amines) is 1. The van der Waals surface area contributed by atoms with E-state index in [1.54, 1.807) is 34.6 Å². The molecule has 0 radical (unpaired) electrons. The maximum atomic E-state index is 11.9. The smallest absolute Gasteiger partial charge is 0.310 e. The molecule has 5 aliphatic heterocycles. The summed E-state index contributed by atoms with van der Waals surface area (Å²) in [5.41, 5.74) is 0. The van der Waals surface area contributed by atoms with Crippen molar-refractivity contribution < 1.29 is 147 Å².